The normalized spacial score (nSPS) is 14.7. The Morgan fingerprint density at radius 1 is 1.12 bits per heavy atom. The molecule has 0 aliphatic carbocycles. The molecule has 2 aromatic heterocycles. The molecule has 0 spiro atoms. The molecule has 0 radical (unpaired) electrons. The average molecular weight is 436 g/mol. The summed E-state index contributed by atoms with van der Waals surface area (Å²) in [7, 11) is 3.57. The molecular formula is C25H33N5O2. The van der Waals surface area contributed by atoms with Crippen molar-refractivity contribution in [2.75, 3.05) is 51.8 Å². The van der Waals surface area contributed by atoms with Gasteiger partial charge < -0.3 is 18.9 Å². The molecule has 1 aliphatic rings. The van der Waals surface area contributed by atoms with E-state index in [1.807, 2.05) is 43.6 Å². The zero-order chi connectivity index (χ0) is 22.5. The zero-order valence-corrected chi connectivity index (χ0v) is 19.3. The molecule has 1 amide bonds. The molecule has 0 bridgehead atoms. The van der Waals surface area contributed by atoms with Crippen molar-refractivity contribution >= 4 is 17.2 Å². The maximum absolute atomic E-state index is 13.2. The summed E-state index contributed by atoms with van der Waals surface area (Å²) in [4.78, 5) is 24.5. The van der Waals surface area contributed by atoms with Crippen LogP contribution in [0.25, 0.3) is 5.65 Å². The van der Waals surface area contributed by atoms with Crippen molar-refractivity contribution < 1.29 is 9.53 Å². The first-order chi connectivity index (χ1) is 15.6. The summed E-state index contributed by atoms with van der Waals surface area (Å²) >= 11 is 0. The van der Waals surface area contributed by atoms with Crippen molar-refractivity contribution in [1.29, 1.82) is 0 Å². The van der Waals surface area contributed by atoms with Crippen molar-refractivity contribution in [3.8, 4) is 5.75 Å². The number of rotatable bonds is 8. The Bertz CT molecular complexity index is 1060. The Morgan fingerprint density at radius 2 is 1.94 bits per heavy atom. The topological polar surface area (TPSA) is 53.3 Å². The number of imidazole rings is 1. The first kappa shape index (κ1) is 22.1. The van der Waals surface area contributed by atoms with Gasteiger partial charge in [-0.2, -0.15) is 0 Å². The third-order valence-corrected chi connectivity index (χ3v) is 6.19. The van der Waals surface area contributed by atoms with Gasteiger partial charge in [-0.15, -0.1) is 0 Å². The summed E-state index contributed by atoms with van der Waals surface area (Å²) < 4.78 is 7.44. The van der Waals surface area contributed by atoms with Gasteiger partial charge in [0.05, 0.1) is 12.8 Å². The third-order valence-electron chi connectivity index (χ3n) is 6.19. The molecule has 0 N–H and O–H groups in total. The summed E-state index contributed by atoms with van der Waals surface area (Å²) in [6, 6.07) is 14.1. The summed E-state index contributed by atoms with van der Waals surface area (Å²) in [5.41, 5.74) is 3.56. The van der Waals surface area contributed by atoms with Crippen LogP contribution in [-0.4, -0.2) is 72.0 Å². The number of hydrogen-bond donors (Lipinski definition) is 0. The summed E-state index contributed by atoms with van der Waals surface area (Å²) in [5, 5.41) is 0. The van der Waals surface area contributed by atoms with Crippen LogP contribution in [0.15, 0.2) is 48.7 Å². The Labute approximate surface area is 190 Å². The maximum Gasteiger partial charge on any atom is 0.274 e. The van der Waals surface area contributed by atoms with Crippen molar-refractivity contribution in [2.24, 2.45) is 0 Å². The van der Waals surface area contributed by atoms with E-state index in [4.69, 9.17) is 9.72 Å². The SMILES string of the molecule is CCCCN(C)C(=O)c1nc2ccccn2c1CN1CCN(c2cccc(OC)c2)CC1. The van der Waals surface area contributed by atoms with Crippen LogP contribution in [0.3, 0.4) is 0 Å². The van der Waals surface area contributed by atoms with Crippen LogP contribution in [0.5, 0.6) is 5.75 Å². The smallest absolute Gasteiger partial charge is 0.274 e. The molecule has 1 aromatic carbocycles. The van der Waals surface area contributed by atoms with Crippen molar-refractivity contribution in [3.05, 3.63) is 60.0 Å². The van der Waals surface area contributed by atoms with Crippen LogP contribution in [-0.2, 0) is 6.54 Å². The van der Waals surface area contributed by atoms with Gasteiger partial charge in [-0.3, -0.25) is 9.69 Å². The van der Waals surface area contributed by atoms with Gasteiger partial charge >= 0.3 is 0 Å². The Hall–Kier alpha value is -3.06. The van der Waals surface area contributed by atoms with Gasteiger partial charge in [0, 0.05) is 64.3 Å². The van der Waals surface area contributed by atoms with Crippen LogP contribution < -0.4 is 9.64 Å². The van der Waals surface area contributed by atoms with E-state index in [0.29, 0.717) is 12.2 Å². The number of benzene rings is 1. The number of methoxy groups -OCH3 is 1. The third kappa shape index (κ3) is 4.72. The molecule has 1 saturated heterocycles. The average Bonchev–Trinajstić information content (AvgIpc) is 3.20. The van der Waals surface area contributed by atoms with Gasteiger partial charge in [0.2, 0.25) is 0 Å². The quantitative estimate of drug-likeness (QED) is 0.542. The fourth-order valence-electron chi connectivity index (χ4n) is 4.23. The monoisotopic (exact) mass is 435 g/mol. The molecule has 1 aliphatic heterocycles. The van der Waals surface area contributed by atoms with Gasteiger partial charge in [-0.25, -0.2) is 4.98 Å². The molecule has 0 saturated carbocycles. The van der Waals surface area contributed by atoms with Gasteiger partial charge in [-0.1, -0.05) is 25.5 Å². The van der Waals surface area contributed by atoms with Gasteiger partial charge in [0.25, 0.3) is 5.91 Å². The van der Waals surface area contributed by atoms with E-state index < -0.39 is 0 Å². The van der Waals surface area contributed by atoms with E-state index in [2.05, 4.69) is 33.3 Å². The lowest BCUT2D eigenvalue weighted by Crippen LogP contribution is -2.46. The molecule has 3 aromatic rings. The second-order valence-electron chi connectivity index (χ2n) is 8.38. The van der Waals surface area contributed by atoms with Gasteiger partial charge in [0.15, 0.2) is 5.69 Å². The number of amides is 1. The molecule has 0 unspecified atom stereocenters. The second-order valence-corrected chi connectivity index (χ2v) is 8.38. The predicted octanol–water partition coefficient (Wildman–Crippen LogP) is 3.54. The van der Waals surface area contributed by atoms with Crippen LogP contribution in [0.1, 0.15) is 35.9 Å². The molecule has 0 atom stereocenters. The van der Waals surface area contributed by atoms with E-state index >= 15 is 0 Å². The lowest BCUT2D eigenvalue weighted by Gasteiger charge is -2.36. The predicted molar refractivity (Wildman–Crippen MR) is 128 cm³/mol. The minimum absolute atomic E-state index is 0.00664. The number of anilines is 1. The van der Waals surface area contributed by atoms with E-state index in [0.717, 1.165) is 62.7 Å². The second kappa shape index (κ2) is 10.0. The number of piperazine rings is 1. The van der Waals surface area contributed by atoms with Crippen LogP contribution in [0.2, 0.25) is 0 Å². The van der Waals surface area contributed by atoms with E-state index in [1.54, 1.807) is 12.0 Å². The number of aromatic nitrogens is 2. The molecule has 7 heteroatoms. The first-order valence-corrected chi connectivity index (χ1v) is 11.4. The minimum Gasteiger partial charge on any atom is -0.497 e. The minimum atomic E-state index is 0.00664. The highest BCUT2D eigenvalue weighted by atomic mass is 16.5. The molecule has 7 nitrogen and oxygen atoms in total. The van der Waals surface area contributed by atoms with Gasteiger partial charge in [0.1, 0.15) is 11.4 Å². The molecule has 1 fully saturated rings. The lowest BCUT2D eigenvalue weighted by atomic mass is 10.2. The number of nitrogens with zero attached hydrogens (tertiary/aromatic N) is 5. The van der Waals surface area contributed by atoms with Crippen molar-refractivity contribution in [1.82, 2.24) is 19.2 Å². The Balaban J connectivity index is 1.50. The Kier molecular flexibility index (Phi) is 6.95. The number of unbranched alkanes of at least 4 members (excludes halogenated alkanes) is 1. The number of pyridine rings is 1. The highest BCUT2D eigenvalue weighted by molar-refractivity contribution is 5.94. The Morgan fingerprint density at radius 3 is 2.69 bits per heavy atom. The number of carbonyl (C=O) groups is 1. The van der Waals surface area contributed by atoms with Crippen LogP contribution in [0.4, 0.5) is 5.69 Å². The number of fused-ring (bicyclic) bond motifs is 1. The highest BCUT2D eigenvalue weighted by Gasteiger charge is 2.25. The largest absolute Gasteiger partial charge is 0.497 e. The fraction of sp³-hybridized carbons (Fsp3) is 0.440. The first-order valence-electron chi connectivity index (χ1n) is 11.4. The maximum atomic E-state index is 13.2. The summed E-state index contributed by atoms with van der Waals surface area (Å²) in [6.45, 7) is 7.32. The molecular weight excluding hydrogens is 402 g/mol. The van der Waals surface area contributed by atoms with Crippen molar-refractivity contribution in [3.63, 3.8) is 0 Å². The zero-order valence-electron chi connectivity index (χ0n) is 19.3. The van der Waals surface area contributed by atoms with Crippen LogP contribution in [0, 0.1) is 0 Å². The standard InChI is InChI=1S/C25H33N5O2/c1-4-5-12-27(2)25(31)24-22(30-13-7-6-11-23(30)26-24)19-28-14-16-29(17-15-28)20-9-8-10-21(18-20)32-3/h6-11,13,18H,4-5,12,14-17,19H2,1-3H3. The van der Waals surface area contributed by atoms with E-state index in [-0.39, 0.29) is 5.91 Å². The number of hydrogen-bond acceptors (Lipinski definition) is 5. The number of carbonyl (C=O) groups excluding carboxylic acids is 1. The number of ether oxygens (including phenoxy) is 1. The lowest BCUT2D eigenvalue weighted by molar-refractivity contribution is 0.0785. The van der Waals surface area contributed by atoms with E-state index in [1.165, 1.54) is 5.69 Å². The fourth-order valence-corrected chi connectivity index (χ4v) is 4.23. The summed E-state index contributed by atoms with van der Waals surface area (Å²) in [6.07, 6.45) is 4.07. The molecule has 32 heavy (non-hydrogen) atoms. The molecule has 4 rings (SSSR count). The van der Waals surface area contributed by atoms with Gasteiger partial charge in [-0.05, 0) is 30.7 Å². The van der Waals surface area contributed by atoms with E-state index in [9.17, 15) is 4.79 Å². The highest BCUT2D eigenvalue weighted by Crippen LogP contribution is 2.23. The summed E-state index contributed by atoms with van der Waals surface area (Å²) in [5.74, 6) is 0.887. The van der Waals surface area contributed by atoms with Crippen LogP contribution >= 0.6 is 0 Å². The van der Waals surface area contributed by atoms with Crippen molar-refractivity contribution in [2.45, 2.75) is 26.3 Å². The molecule has 3 heterocycles. The molecule has 170 valence electrons.